The first kappa shape index (κ1) is 18.9. The van der Waals surface area contributed by atoms with Gasteiger partial charge in [-0.2, -0.15) is 0 Å². The lowest BCUT2D eigenvalue weighted by Gasteiger charge is -2.37. The molecule has 0 atom stereocenters. The average Bonchev–Trinajstić information content (AvgIpc) is 2.68. The van der Waals surface area contributed by atoms with Crippen molar-refractivity contribution < 1.29 is 9.84 Å². The summed E-state index contributed by atoms with van der Waals surface area (Å²) in [6.07, 6.45) is 7.09. The Morgan fingerprint density at radius 3 is 2.50 bits per heavy atom. The number of hydrogen-bond donors (Lipinski definition) is 2. The molecule has 0 saturated heterocycles. The lowest BCUT2D eigenvalue weighted by molar-refractivity contribution is -0.00850. The van der Waals surface area contributed by atoms with Crippen LogP contribution in [0.25, 0.3) is 0 Å². The van der Waals surface area contributed by atoms with Crippen molar-refractivity contribution in [2.24, 2.45) is 0 Å². The Bertz CT molecular complexity index is 704. The minimum Gasteiger partial charge on any atom is -0.496 e. The quantitative estimate of drug-likeness (QED) is 0.819. The predicted octanol–water partition coefficient (Wildman–Crippen LogP) is 4.13. The summed E-state index contributed by atoms with van der Waals surface area (Å²) < 4.78 is 5.38. The number of rotatable bonds is 6. The Kier molecular flexibility index (Phi) is 5.94. The smallest absolute Gasteiger partial charge is 0.126 e. The van der Waals surface area contributed by atoms with E-state index in [0.717, 1.165) is 49.1 Å². The molecule has 4 heteroatoms. The molecule has 1 aromatic heterocycles. The molecule has 2 N–H and O–H groups in total. The zero-order chi connectivity index (χ0) is 18.6. The van der Waals surface area contributed by atoms with Crippen molar-refractivity contribution in [3.63, 3.8) is 0 Å². The molecule has 1 fully saturated rings. The molecule has 0 spiro atoms. The van der Waals surface area contributed by atoms with Crippen molar-refractivity contribution in [1.82, 2.24) is 10.3 Å². The number of pyridine rings is 1. The van der Waals surface area contributed by atoms with E-state index in [0.29, 0.717) is 12.0 Å². The van der Waals surface area contributed by atoms with Crippen LogP contribution in [0.2, 0.25) is 0 Å². The maximum Gasteiger partial charge on any atom is 0.126 e. The van der Waals surface area contributed by atoms with Gasteiger partial charge >= 0.3 is 0 Å². The van der Waals surface area contributed by atoms with E-state index in [1.165, 1.54) is 5.56 Å². The fraction of sp³-hybridized carbons (Fsp3) is 0.500. The van der Waals surface area contributed by atoms with E-state index in [9.17, 15) is 5.11 Å². The highest BCUT2D eigenvalue weighted by Gasteiger charge is 2.34. The second-order valence-electron chi connectivity index (χ2n) is 7.65. The number of nitrogens with one attached hydrogen (secondary N) is 1. The molecular formula is C22H30N2O2. The van der Waals surface area contributed by atoms with Crippen LogP contribution in [0, 0.1) is 0 Å². The van der Waals surface area contributed by atoms with Gasteiger partial charge in [-0.1, -0.05) is 38.1 Å². The summed E-state index contributed by atoms with van der Waals surface area (Å²) in [5.41, 5.74) is 2.74. The molecule has 26 heavy (non-hydrogen) atoms. The van der Waals surface area contributed by atoms with E-state index < -0.39 is 5.60 Å². The second-order valence-corrected chi connectivity index (χ2v) is 7.65. The largest absolute Gasteiger partial charge is 0.496 e. The van der Waals surface area contributed by atoms with E-state index in [-0.39, 0.29) is 0 Å². The van der Waals surface area contributed by atoms with Crippen LogP contribution in [0.5, 0.6) is 5.75 Å². The molecule has 0 amide bonds. The van der Waals surface area contributed by atoms with Gasteiger partial charge in [0.15, 0.2) is 0 Å². The van der Waals surface area contributed by atoms with Crippen LogP contribution in [0.3, 0.4) is 0 Å². The van der Waals surface area contributed by atoms with Gasteiger partial charge in [0.1, 0.15) is 5.75 Å². The predicted molar refractivity (Wildman–Crippen MR) is 104 cm³/mol. The Hall–Kier alpha value is -1.91. The van der Waals surface area contributed by atoms with Crippen molar-refractivity contribution >= 4 is 0 Å². The monoisotopic (exact) mass is 354 g/mol. The first-order valence-electron chi connectivity index (χ1n) is 9.55. The van der Waals surface area contributed by atoms with Crippen molar-refractivity contribution in [2.75, 3.05) is 7.11 Å². The lowest BCUT2D eigenvalue weighted by atomic mass is 9.77. The molecule has 2 aromatic rings. The number of nitrogens with zero attached hydrogens (tertiary/aromatic N) is 1. The third-order valence-corrected chi connectivity index (χ3v) is 5.59. The van der Waals surface area contributed by atoms with E-state index >= 15 is 0 Å². The molecule has 1 heterocycles. The molecule has 0 aliphatic heterocycles. The zero-order valence-corrected chi connectivity index (χ0v) is 16.0. The highest BCUT2D eigenvalue weighted by Crippen LogP contribution is 2.37. The van der Waals surface area contributed by atoms with Gasteiger partial charge in [-0.15, -0.1) is 0 Å². The first-order chi connectivity index (χ1) is 12.5. The van der Waals surface area contributed by atoms with Crippen molar-refractivity contribution in [3.05, 3.63) is 59.4 Å². The highest BCUT2D eigenvalue weighted by molar-refractivity contribution is 5.30. The van der Waals surface area contributed by atoms with Gasteiger partial charge < -0.3 is 15.2 Å². The van der Waals surface area contributed by atoms with Crippen LogP contribution < -0.4 is 10.1 Å². The van der Waals surface area contributed by atoms with Crippen LogP contribution in [0.4, 0.5) is 0 Å². The van der Waals surface area contributed by atoms with Gasteiger partial charge in [-0.05, 0) is 48.8 Å². The van der Waals surface area contributed by atoms with Crippen LogP contribution in [-0.4, -0.2) is 23.2 Å². The second kappa shape index (κ2) is 8.19. The minimum absolute atomic E-state index is 0.412. The maximum absolute atomic E-state index is 11.1. The Morgan fingerprint density at radius 1 is 1.19 bits per heavy atom. The average molecular weight is 354 g/mol. The standard InChI is InChI=1S/C22H30N2O2/c1-16(2)17-4-6-19(7-5-17)22(25)11-8-20(9-12-22)24-15-18-14-23-13-10-21(18)26-3/h4-7,10,13-14,16,20,24-25H,8-9,11-12,15H2,1-3H3. The normalized spacial score (nSPS) is 23.2. The number of aromatic nitrogens is 1. The molecule has 1 aromatic carbocycles. The number of hydrogen-bond acceptors (Lipinski definition) is 4. The summed E-state index contributed by atoms with van der Waals surface area (Å²) in [6.45, 7) is 5.12. The topological polar surface area (TPSA) is 54.4 Å². The summed E-state index contributed by atoms with van der Waals surface area (Å²) in [5, 5.41) is 14.7. The van der Waals surface area contributed by atoms with Crippen LogP contribution in [0.1, 0.15) is 62.1 Å². The third kappa shape index (κ3) is 4.25. The summed E-state index contributed by atoms with van der Waals surface area (Å²) in [7, 11) is 1.68. The fourth-order valence-corrected chi connectivity index (χ4v) is 3.77. The van der Waals surface area contributed by atoms with Gasteiger partial charge in [-0.25, -0.2) is 0 Å². The summed E-state index contributed by atoms with van der Waals surface area (Å²) in [4.78, 5) is 4.18. The molecule has 1 aliphatic rings. The van der Waals surface area contributed by atoms with Crippen LogP contribution in [0.15, 0.2) is 42.7 Å². The molecular weight excluding hydrogens is 324 g/mol. The number of aliphatic hydroxyl groups is 1. The van der Waals surface area contributed by atoms with Gasteiger partial charge in [0, 0.05) is 30.5 Å². The summed E-state index contributed by atoms with van der Waals surface area (Å²) in [6, 6.07) is 10.8. The van der Waals surface area contributed by atoms with E-state index in [1.807, 2.05) is 12.3 Å². The Morgan fingerprint density at radius 2 is 1.88 bits per heavy atom. The van der Waals surface area contributed by atoms with Gasteiger partial charge in [0.25, 0.3) is 0 Å². The van der Waals surface area contributed by atoms with E-state index in [1.54, 1.807) is 13.3 Å². The fourth-order valence-electron chi connectivity index (χ4n) is 3.77. The van der Waals surface area contributed by atoms with Gasteiger partial charge in [0.05, 0.1) is 12.7 Å². The van der Waals surface area contributed by atoms with E-state index in [2.05, 4.69) is 48.4 Å². The minimum atomic E-state index is -0.695. The third-order valence-electron chi connectivity index (χ3n) is 5.59. The van der Waals surface area contributed by atoms with Gasteiger partial charge in [0.2, 0.25) is 0 Å². The van der Waals surface area contributed by atoms with Crippen molar-refractivity contribution in [3.8, 4) is 5.75 Å². The van der Waals surface area contributed by atoms with E-state index in [4.69, 9.17) is 4.74 Å². The first-order valence-corrected chi connectivity index (χ1v) is 9.55. The molecule has 0 unspecified atom stereocenters. The number of methoxy groups -OCH3 is 1. The number of benzene rings is 1. The van der Waals surface area contributed by atoms with Gasteiger partial charge in [-0.3, -0.25) is 4.98 Å². The summed E-state index contributed by atoms with van der Waals surface area (Å²) >= 11 is 0. The maximum atomic E-state index is 11.1. The molecule has 0 radical (unpaired) electrons. The van der Waals surface area contributed by atoms with Crippen LogP contribution in [-0.2, 0) is 12.1 Å². The highest BCUT2D eigenvalue weighted by atomic mass is 16.5. The molecule has 4 nitrogen and oxygen atoms in total. The molecule has 3 rings (SSSR count). The lowest BCUT2D eigenvalue weighted by Crippen LogP contribution is -2.39. The zero-order valence-electron chi connectivity index (χ0n) is 16.0. The Balaban J connectivity index is 1.56. The Labute approximate surface area is 156 Å². The van der Waals surface area contributed by atoms with Crippen LogP contribution >= 0.6 is 0 Å². The van der Waals surface area contributed by atoms with Crippen molar-refractivity contribution in [1.29, 1.82) is 0 Å². The SMILES string of the molecule is COc1ccncc1CNC1CCC(O)(c2ccc(C(C)C)cc2)CC1. The van der Waals surface area contributed by atoms with Crippen molar-refractivity contribution in [2.45, 2.75) is 63.6 Å². The number of ether oxygens (including phenoxy) is 1. The molecule has 1 saturated carbocycles. The molecule has 0 bridgehead atoms. The molecule has 140 valence electrons. The summed E-state index contributed by atoms with van der Waals surface area (Å²) in [5.74, 6) is 1.38. The molecule has 1 aliphatic carbocycles.